The molecular weight excluding hydrogens is 368 g/mol. The number of carbonyl (C=O) groups is 1. The standard InChI is InChI=1S/C18H21BrN4O/c1-12-5-6-16(15(19)8-12)22-18-20-9-14(10-21-18)17(24)23-7-3-4-13(2)11-23/h5-6,8-10,13H,3-4,7,11H2,1-2H3,(H,20,21,22). The van der Waals surface area contributed by atoms with Gasteiger partial charge in [-0.2, -0.15) is 0 Å². The Balaban J connectivity index is 1.69. The topological polar surface area (TPSA) is 58.1 Å². The summed E-state index contributed by atoms with van der Waals surface area (Å²) in [6.07, 6.45) is 5.45. The van der Waals surface area contributed by atoms with Gasteiger partial charge in [0.25, 0.3) is 5.91 Å². The largest absolute Gasteiger partial charge is 0.338 e. The maximum absolute atomic E-state index is 12.5. The lowest BCUT2D eigenvalue weighted by molar-refractivity contribution is 0.0682. The first-order chi connectivity index (χ1) is 11.5. The van der Waals surface area contributed by atoms with E-state index in [2.05, 4.69) is 38.1 Å². The van der Waals surface area contributed by atoms with Crippen molar-refractivity contribution in [2.24, 2.45) is 5.92 Å². The van der Waals surface area contributed by atoms with Crippen LogP contribution < -0.4 is 5.32 Å². The molecule has 1 aliphatic rings. The van der Waals surface area contributed by atoms with Crippen LogP contribution in [-0.4, -0.2) is 33.9 Å². The summed E-state index contributed by atoms with van der Waals surface area (Å²) in [4.78, 5) is 23.0. The third kappa shape index (κ3) is 3.93. The van der Waals surface area contributed by atoms with Crippen molar-refractivity contribution in [3.63, 3.8) is 0 Å². The summed E-state index contributed by atoms with van der Waals surface area (Å²) in [6.45, 7) is 5.85. The first kappa shape index (κ1) is 16.9. The molecule has 3 rings (SSSR count). The Labute approximate surface area is 150 Å². The van der Waals surface area contributed by atoms with Gasteiger partial charge in [-0.05, 0) is 59.3 Å². The number of rotatable bonds is 3. The summed E-state index contributed by atoms with van der Waals surface area (Å²) < 4.78 is 0.952. The number of carbonyl (C=O) groups excluding carboxylic acids is 1. The van der Waals surface area contributed by atoms with Crippen LogP contribution in [0.1, 0.15) is 35.7 Å². The number of halogens is 1. The van der Waals surface area contributed by atoms with Crippen LogP contribution >= 0.6 is 15.9 Å². The zero-order valence-corrected chi connectivity index (χ0v) is 15.5. The van der Waals surface area contributed by atoms with Crippen molar-refractivity contribution >= 4 is 33.5 Å². The Hall–Kier alpha value is -1.95. The predicted molar refractivity (Wildman–Crippen MR) is 98.5 cm³/mol. The summed E-state index contributed by atoms with van der Waals surface area (Å²) >= 11 is 3.52. The number of amides is 1. The number of hydrogen-bond donors (Lipinski definition) is 1. The minimum absolute atomic E-state index is 0.0182. The number of aryl methyl sites for hydroxylation is 1. The van der Waals surface area contributed by atoms with Crippen molar-refractivity contribution in [1.29, 1.82) is 0 Å². The van der Waals surface area contributed by atoms with Gasteiger partial charge in [0.1, 0.15) is 0 Å². The van der Waals surface area contributed by atoms with E-state index in [1.54, 1.807) is 12.4 Å². The molecule has 2 aromatic rings. The van der Waals surface area contributed by atoms with Gasteiger partial charge in [0.2, 0.25) is 5.95 Å². The lowest BCUT2D eigenvalue weighted by Gasteiger charge is -2.30. The smallest absolute Gasteiger partial charge is 0.257 e. The van der Waals surface area contributed by atoms with Crippen LogP contribution in [0.4, 0.5) is 11.6 Å². The maximum atomic E-state index is 12.5. The van der Waals surface area contributed by atoms with Gasteiger partial charge in [0.05, 0.1) is 11.3 Å². The SMILES string of the molecule is Cc1ccc(Nc2ncc(C(=O)N3CCCC(C)C3)cn2)c(Br)c1. The van der Waals surface area contributed by atoms with Crippen molar-refractivity contribution in [3.05, 3.63) is 46.2 Å². The molecule has 24 heavy (non-hydrogen) atoms. The second kappa shape index (κ2) is 7.30. The Kier molecular flexibility index (Phi) is 5.14. The Morgan fingerprint density at radius 3 is 2.75 bits per heavy atom. The van der Waals surface area contributed by atoms with Crippen LogP contribution in [0.5, 0.6) is 0 Å². The highest BCUT2D eigenvalue weighted by molar-refractivity contribution is 9.10. The van der Waals surface area contributed by atoms with Crippen molar-refractivity contribution in [2.45, 2.75) is 26.7 Å². The molecule has 1 aliphatic heterocycles. The number of aromatic nitrogens is 2. The van der Waals surface area contributed by atoms with E-state index in [0.29, 0.717) is 17.4 Å². The number of anilines is 2. The van der Waals surface area contributed by atoms with E-state index in [0.717, 1.165) is 29.7 Å². The number of nitrogens with zero attached hydrogens (tertiary/aromatic N) is 3. The molecule has 126 valence electrons. The van der Waals surface area contributed by atoms with Crippen molar-refractivity contribution in [2.75, 3.05) is 18.4 Å². The van der Waals surface area contributed by atoms with Gasteiger partial charge in [0.15, 0.2) is 0 Å². The highest BCUT2D eigenvalue weighted by Crippen LogP contribution is 2.25. The molecule has 0 radical (unpaired) electrons. The van der Waals surface area contributed by atoms with Crippen LogP contribution in [0.2, 0.25) is 0 Å². The molecule has 1 amide bonds. The molecule has 5 nitrogen and oxygen atoms in total. The van der Waals surface area contributed by atoms with E-state index in [9.17, 15) is 4.79 Å². The minimum Gasteiger partial charge on any atom is -0.338 e. The van der Waals surface area contributed by atoms with Gasteiger partial charge >= 0.3 is 0 Å². The molecule has 2 heterocycles. The molecule has 1 saturated heterocycles. The van der Waals surface area contributed by atoms with Crippen LogP contribution in [0, 0.1) is 12.8 Å². The van der Waals surface area contributed by atoms with Crippen molar-refractivity contribution in [3.8, 4) is 0 Å². The Morgan fingerprint density at radius 1 is 1.33 bits per heavy atom. The Morgan fingerprint density at radius 2 is 2.08 bits per heavy atom. The molecule has 0 aliphatic carbocycles. The van der Waals surface area contributed by atoms with Crippen LogP contribution in [-0.2, 0) is 0 Å². The Bertz CT molecular complexity index is 732. The number of likely N-dealkylation sites (tertiary alicyclic amines) is 1. The van der Waals surface area contributed by atoms with Gasteiger partial charge < -0.3 is 10.2 Å². The van der Waals surface area contributed by atoms with Crippen molar-refractivity contribution < 1.29 is 4.79 Å². The third-order valence-corrected chi connectivity index (χ3v) is 4.87. The predicted octanol–water partition coefficient (Wildman–Crippen LogP) is 4.16. The fraction of sp³-hybridized carbons (Fsp3) is 0.389. The molecule has 1 unspecified atom stereocenters. The van der Waals surface area contributed by atoms with Crippen LogP contribution in [0.15, 0.2) is 35.1 Å². The number of piperidine rings is 1. The van der Waals surface area contributed by atoms with Gasteiger partial charge in [-0.25, -0.2) is 9.97 Å². The number of benzene rings is 1. The monoisotopic (exact) mass is 388 g/mol. The van der Waals surface area contributed by atoms with Crippen molar-refractivity contribution in [1.82, 2.24) is 14.9 Å². The number of nitrogens with one attached hydrogen (secondary N) is 1. The summed E-state index contributed by atoms with van der Waals surface area (Å²) in [5.41, 5.74) is 2.60. The van der Waals surface area contributed by atoms with E-state index >= 15 is 0 Å². The van der Waals surface area contributed by atoms with E-state index in [-0.39, 0.29) is 5.91 Å². The van der Waals surface area contributed by atoms with Gasteiger partial charge in [0, 0.05) is 30.0 Å². The second-order valence-corrected chi connectivity index (χ2v) is 7.26. The third-order valence-electron chi connectivity index (χ3n) is 4.21. The first-order valence-corrected chi connectivity index (χ1v) is 8.97. The molecule has 6 heteroatoms. The summed E-state index contributed by atoms with van der Waals surface area (Å²) in [6, 6.07) is 6.01. The lowest BCUT2D eigenvalue weighted by Crippen LogP contribution is -2.39. The summed E-state index contributed by atoms with van der Waals surface area (Å²) in [5.74, 6) is 1.05. The molecule has 1 fully saturated rings. The summed E-state index contributed by atoms with van der Waals surface area (Å²) in [5, 5.41) is 3.16. The van der Waals surface area contributed by atoms with Crippen LogP contribution in [0.3, 0.4) is 0 Å². The highest BCUT2D eigenvalue weighted by Gasteiger charge is 2.22. The fourth-order valence-electron chi connectivity index (χ4n) is 2.90. The molecule has 0 bridgehead atoms. The minimum atomic E-state index is 0.0182. The molecule has 0 saturated carbocycles. The molecule has 1 aromatic heterocycles. The first-order valence-electron chi connectivity index (χ1n) is 8.17. The van der Waals surface area contributed by atoms with Crippen LogP contribution in [0.25, 0.3) is 0 Å². The fourth-order valence-corrected chi connectivity index (χ4v) is 3.49. The zero-order chi connectivity index (χ0) is 17.1. The van der Waals surface area contributed by atoms with E-state index < -0.39 is 0 Å². The molecule has 0 spiro atoms. The summed E-state index contributed by atoms with van der Waals surface area (Å²) in [7, 11) is 0. The molecular formula is C18H21BrN4O. The average molecular weight is 389 g/mol. The quantitative estimate of drug-likeness (QED) is 0.857. The van der Waals surface area contributed by atoms with Gasteiger partial charge in [-0.1, -0.05) is 13.0 Å². The van der Waals surface area contributed by atoms with Gasteiger partial charge in [-0.15, -0.1) is 0 Å². The highest BCUT2D eigenvalue weighted by atomic mass is 79.9. The zero-order valence-electron chi connectivity index (χ0n) is 13.9. The molecule has 1 atom stereocenters. The van der Waals surface area contributed by atoms with E-state index in [1.807, 2.05) is 30.0 Å². The molecule has 1 N–H and O–H groups in total. The maximum Gasteiger partial charge on any atom is 0.257 e. The normalized spacial score (nSPS) is 17.6. The molecule has 1 aromatic carbocycles. The van der Waals surface area contributed by atoms with E-state index in [4.69, 9.17) is 0 Å². The number of hydrogen-bond acceptors (Lipinski definition) is 4. The lowest BCUT2D eigenvalue weighted by atomic mass is 10.00. The van der Waals surface area contributed by atoms with E-state index in [1.165, 1.54) is 12.0 Å². The van der Waals surface area contributed by atoms with Gasteiger partial charge in [-0.3, -0.25) is 4.79 Å². The second-order valence-electron chi connectivity index (χ2n) is 6.40. The average Bonchev–Trinajstić information content (AvgIpc) is 2.57.